The standard InChI is InChI=1S/C14H24N2O2/c1-5-12-11(10(2)18-15-12)9-16-8-6-7-13(16)14(3,4)17/h13,17H,5-9H2,1-4H3. The van der Waals surface area contributed by atoms with Gasteiger partial charge in [-0.15, -0.1) is 0 Å². The zero-order valence-electron chi connectivity index (χ0n) is 11.9. The van der Waals surface area contributed by atoms with E-state index in [0.717, 1.165) is 43.8 Å². The number of aryl methyl sites for hydroxylation is 2. The molecule has 1 aromatic heterocycles. The molecule has 2 heterocycles. The summed E-state index contributed by atoms with van der Waals surface area (Å²) in [5.41, 5.74) is 1.61. The molecule has 1 unspecified atom stereocenters. The van der Waals surface area contributed by atoms with E-state index < -0.39 is 5.60 Å². The molecule has 0 spiro atoms. The summed E-state index contributed by atoms with van der Waals surface area (Å²) in [6.45, 7) is 9.75. The molecule has 18 heavy (non-hydrogen) atoms. The molecular formula is C14H24N2O2. The second-order valence-corrected chi connectivity index (χ2v) is 5.80. The summed E-state index contributed by atoms with van der Waals surface area (Å²) in [5, 5.41) is 14.3. The van der Waals surface area contributed by atoms with E-state index in [1.165, 1.54) is 5.56 Å². The van der Waals surface area contributed by atoms with Crippen molar-refractivity contribution in [3.05, 3.63) is 17.0 Å². The van der Waals surface area contributed by atoms with Crippen LogP contribution in [-0.4, -0.2) is 33.4 Å². The summed E-state index contributed by atoms with van der Waals surface area (Å²) < 4.78 is 5.28. The van der Waals surface area contributed by atoms with Gasteiger partial charge in [-0.2, -0.15) is 0 Å². The van der Waals surface area contributed by atoms with Gasteiger partial charge in [0.05, 0.1) is 11.3 Å². The SMILES string of the molecule is CCc1noc(C)c1CN1CCCC1C(C)(C)O. The van der Waals surface area contributed by atoms with Crippen LogP contribution >= 0.6 is 0 Å². The topological polar surface area (TPSA) is 49.5 Å². The van der Waals surface area contributed by atoms with Crippen molar-refractivity contribution in [3.8, 4) is 0 Å². The highest BCUT2D eigenvalue weighted by Gasteiger charge is 2.36. The molecule has 1 aliphatic heterocycles. The fourth-order valence-electron chi connectivity index (χ4n) is 2.94. The maximum atomic E-state index is 10.2. The highest BCUT2D eigenvalue weighted by molar-refractivity contribution is 5.22. The number of aromatic nitrogens is 1. The molecule has 1 atom stereocenters. The molecule has 0 bridgehead atoms. The van der Waals surface area contributed by atoms with E-state index >= 15 is 0 Å². The summed E-state index contributed by atoms with van der Waals surface area (Å²) in [6.07, 6.45) is 3.11. The van der Waals surface area contributed by atoms with Gasteiger partial charge in [0.15, 0.2) is 0 Å². The first kappa shape index (κ1) is 13.6. The Labute approximate surface area is 109 Å². The molecule has 1 fully saturated rings. The highest BCUT2D eigenvalue weighted by atomic mass is 16.5. The molecule has 1 N–H and O–H groups in total. The first-order valence-electron chi connectivity index (χ1n) is 6.84. The predicted octanol–water partition coefficient (Wildman–Crippen LogP) is 2.28. The van der Waals surface area contributed by atoms with Gasteiger partial charge in [-0.25, -0.2) is 0 Å². The molecule has 0 aliphatic carbocycles. The van der Waals surface area contributed by atoms with Gasteiger partial charge in [0, 0.05) is 18.2 Å². The summed E-state index contributed by atoms with van der Waals surface area (Å²) in [4.78, 5) is 2.36. The molecule has 0 saturated carbocycles. The molecule has 1 aromatic rings. The summed E-state index contributed by atoms with van der Waals surface area (Å²) in [5.74, 6) is 0.910. The lowest BCUT2D eigenvalue weighted by molar-refractivity contribution is -0.00520. The number of likely N-dealkylation sites (tertiary alicyclic amines) is 1. The van der Waals surface area contributed by atoms with Gasteiger partial charge < -0.3 is 9.63 Å². The largest absolute Gasteiger partial charge is 0.389 e. The van der Waals surface area contributed by atoms with Gasteiger partial charge >= 0.3 is 0 Å². The first-order chi connectivity index (χ1) is 8.43. The molecule has 0 aromatic carbocycles. The van der Waals surface area contributed by atoms with Crippen molar-refractivity contribution in [3.63, 3.8) is 0 Å². The smallest absolute Gasteiger partial charge is 0.138 e. The third kappa shape index (κ3) is 2.59. The Kier molecular flexibility index (Phi) is 3.78. The minimum atomic E-state index is -0.645. The Morgan fingerprint density at radius 2 is 2.22 bits per heavy atom. The van der Waals surface area contributed by atoms with E-state index in [1.54, 1.807) is 0 Å². The van der Waals surface area contributed by atoms with Crippen LogP contribution < -0.4 is 0 Å². The molecule has 4 heteroatoms. The van der Waals surface area contributed by atoms with Crippen LogP contribution in [-0.2, 0) is 13.0 Å². The molecule has 1 aliphatic rings. The van der Waals surface area contributed by atoms with Crippen LogP contribution in [0.2, 0.25) is 0 Å². The van der Waals surface area contributed by atoms with Crippen LogP contribution in [0.25, 0.3) is 0 Å². The lowest BCUT2D eigenvalue weighted by atomic mass is 9.96. The van der Waals surface area contributed by atoms with E-state index in [1.807, 2.05) is 20.8 Å². The zero-order valence-corrected chi connectivity index (χ0v) is 11.9. The molecule has 0 amide bonds. The number of rotatable bonds is 4. The molecule has 1 saturated heterocycles. The minimum Gasteiger partial charge on any atom is -0.389 e. The predicted molar refractivity (Wildman–Crippen MR) is 70.3 cm³/mol. The van der Waals surface area contributed by atoms with E-state index in [-0.39, 0.29) is 6.04 Å². The lowest BCUT2D eigenvalue weighted by Gasteiger charge is -2.33. The average molecular weight is 252 g/mol. The van der Waals surface area contributed by atoms with Crippen molar-refractivity contribution in [2.24, 2.45) is 0 Å². The van der Waals surface area contributed by atoms with E-state index in [9.17, 15) is 5.11 Å². The lowest BCUT2D eigenvalue weighted by Crippen LogP contribution is -2.45. The normalized spacial score (nSPS) is 21.7. The van der Waals surface area contributed by atoms with Crippen molar-refractivity contribution < 1.29 is 9.63 Å². The van der Waals surface area contributed by atoms with E-state index in [2.05, 4.69) is 17.0 Å². The molecule has 2 rings (SSSR count). The van der Waals surface area contributed by atoms with Crippen molar-refractivity contribution in [2.75, 3.05) is 6.54 Å². The third-order valence-electron chi connectivity index (χ3n) is 3.94. The van der Waals surface area contributed by atoms with Crippen molar-refractivity contribution in [1.29, 1.82) is 0 Å². The van der Waals surface area contributed by atoms with Gasteiger partial charge in [0.2, 0.25) is 0 Å². The highest BCUT2D eigenvalue weighted by Crippen LogP contribution is 2.29. The third-order valence-corrected chi connectivity index (χ3v) is 3.94. The van der Waals surface area contributed by atoms with Crippen LogP contribution in [0.1, 0.15) is 50.6 Å². The zero-order chi connectivity index (χ0) is 13.3. The number of hydrogen-bond acceptors (Lipinski definition) is 4. The quantitative estimate of drug-likeness (QED) is 0.893. The Balaban J connectivity index is 2.15. The Hall–Kier alpha value is -0.870. The number of aliphatic hydroxyl groups is 1. The van der Waals surface area contributed by atoms with E-state index in [0.29, 0.717) is 0 Å². The maximum Gasteiger partial charge on any atom is 0.138 e. The van der Waals surface area contributed by atoms with Gasteiger partial charge in [-0.1, -0.05) is 12.1 Å². The fourth-order valence-corrected chi connectivity index (χ4v) is 2.94. The van der Waals surface area contributed by atoms with Gasteiger partial charge in [0.1, 0.15) is 5.76 Å². The summed E-state index contributed by atoms with van der Waals surface area (Å²) in [6, 6.07) is 0.233. The molecule has 0 radical (unpaired) electrons. The second-order valence-electron chi connectivity index (χ2n) is 5.80. The van der Waals surface area contributed by atoms with Gasteiger partial charge in [-0.3, -0.25) is 4.90 Å². The van der Waals surface area contributed by atoms with Crippen LogP contribution in [0.3, 0.4) is 0 Å². The molecular weight excluding hydrogens is 228 g/mol. The van der Waals surface area contributed by atoms with Crippen molar-refractivity contribution in [1.82, 2.24) is 10.1 Å². The minimum absolute atomic E-state index is 0.233. The monoisotopic (exact) mass is 252 g/mol. The van der Waals surface area contributed by atoms with Crippen LogP contribution in [0.5, 0.6) is 0 Å². The molecule has 4 nitrogen and oxygen atoms in total. The fraction of sp³-hybridized carbons (Fsp3) is 0.786. The first-order valence-corrected chi connectivity index (χ1v) is 6.84. The Bertz CT molecular complexity index is 406. The van der Waals surface area contributed by atoms with Crippen LogP contribution in [0.4, 0.5) is 0 Å². The summed E-state index contributed by atoms with van der Waals surface area (Å²) in [7, 11) is 0. The number of hydrogen-bond donors (Lipinski definition) is 1. The van der Waals surface area contributed by atoms with Gasteiger partial charge in [-0.05, 0) is 46.6 Å². The number of nitrogens with zero attached hydrogens (tertiary/aromatic N) is 2. The van der Waals surface area contributed by atoms with E-state index in [4.69, 9.17) is 4.52 Å². The second kappa shape index (κ2) is 5.02. The summed E-state index contributed by atoms with van der Waals surface area (Å²) >= 11 is 0. The van der Waals surface area contributed by atoms with Crippen LogP contribution in [0.15, 0.2) is 4.52 Å². The average Bonchev–Trinajstić information content (AvgIpc) is 2.87. The Morgan fingerprint density at radius 3 is 2.83 bits per heavy atom. The van der Waals surface area contributed by atoms with Crippen LogP contribution in [0, 0.1) is 6.92 Å². The van der Waals surface area contributed by atoms with Gasteiger partial charge in [0.25, 0.3) is 0 Å². The van der Waals surface area contributed by atoms with Crippen molar-refractivity contribution >= 4 is 0 Å². The molecule has 102 valence electrons. The van der Waals surface area contributed by atoms with Crippen molar-refractivity contribution in [2.45, 2.75) is 65.1 Å². The Morgan fingerprint density at radius 1 is 1.50 bits per heavy atom. The maximum absolute atomic E-state index is 10.2.